The lowest BCUT2D eigenvalue weighted by Gasteiger charge is -2.05. The second-order valence-corrected chi connectivity index (χ2v) is 4.22. The van der Waals surface area contributed by atoms with Crippen molar-refractivity contribution in [2.75, 3.05) is 0 Å². The minimum atomic E-state index is -0.569. The smallest absolute Gasteiger partial charge is 0.170 e. The van der Waals surface area contributed by atoms with E-state index in [1.807, 2.05) is 0 Å². The Bertz CT molecular complexity index is 596. The maximum atomic E-state index is 13.4. The van der Waals surface area contributed by atoms with Gasteiger partial charge in [-0.3, -0.25) is 4.79 Å². The maximum Gasteiger partial charge on any atom is 0.170 e. The van der Waals surface area contributed by atoms with Crippen LogP contribution >= 0.6 is 11.6 Å². The van der Waals surface area contributed by atoms with Crippen LogP contribution in [-0.2, 0) is 6.42 Å². The molecule has 0 aliphatic heterocycles. The fourth-order valence-corrected chi connectivity index (χ4v) is 1.85. The van der Waals surface area contributed by atoms with E-state index in [0.29, 0.717) is 5.56 Å². The van der Waals surface area contributed by atoms with Crippen LogP contribution in [0.5, 0.6) is 0 Å². The highest BCUT2D eigenvalue weighted by Crippen LogP contribution is 2.20. The average Bonchev–Trinajstić information content (AvgIpc) is 2.33. The Morgan fingerprint density at radius 3 is 2.50 bits per heavy atom. The second kappa shape index (κ2) is 5.27. The molecule has 0 aliphatic carbocycles. The van der Waals surface area contributed by atoms with Gasteiger partial charge >= 0.3 is 0 Å². The molecule has 2 rings (SSSR count). The summed E-state index contributed by atoms with van der Waals surface area (Å²) in [6, 6.07) is 9.51. The molecule has 92 valence electrons. The zero-order chi connectivity index (χ0) is 13.1. The van der Waals surface area contributed by atoms with Crippen LogP contribution in [0, 0.1) is 11.6 Å². The molecule has 0 radical (unpaired) electrons. The minimum Gasteiger partial charge on any atom is -0.294 e. The molecule has 0 fully saturated rings. The van der Waals surface area contributed by atoms with Crippen LogP contribution in [0.15, 0.2) is 42.5 Å². The van der Waals surface area contributed by atoms with Crippen molar-refractivity contribution in [1.29, 1.82) is 0 Å². The molecule has 0 N–H and O–H groups in total. The third-order valence-corrected chi connectivity index (χ3v) is 2.89. The first-order valence-corrected chi connectivity index (χ1v) is 5.67. The van der Waals surface area contributed by atoms with E-state index in [-0.39, 0.29) is 22.8 Å². The van der Waals surface area contributed by atoms with Gasteiger partial charge in [0.15, 0.2) is 5.78 Å². The summed E-state index contributed by atoms with van der Waals surface area (Å²) in [5.74, 6) is -1.43. The van der Waals surface area contributed by atoms with Crippen molar-refractivity contribution < 1.29 is 13.6 Å². The zero-order valence-corrected chi connectivity index (χ0v) is 10.0. The lowest BCUT2D eigenvalue weighted by Crippen LogP contribution is -2.06. The Labute approximate surface area is 108 Å². The van der Waals surface area contributed by atoms with Gasteiger partial charge in [0.1, 0.15) is 11.6 Å². The molecule has 2 aromatic rings. The number of rotatable bonds is 3. The molecule has 0 atom stereocenters. The van der Waals surface area contributed by atoms with Crippen LogP contribution in [0.3, 0.4) is 0 Å². The number of halogens is 3. The molecule has 0 bridgehead atoms. The van der Waals surface area contributed by atoms with E-state index < -0.39 is 11.6 Å². The number of benzene rings is 2. The highest BCUT2D eigenvalue weighted by atomic mass is 35.5. The van der Waals surface area contributed by atoms with E-state index in [1.165, 1.54) is 30.3 Å². The summed E-state index contributed by atoms with van der Waals surface area (Å²) in [7, 11) is 0. The summed E-state index contributed by atoms with van der Waals surface area (Å²) in [5.41, 5.74) is 0.490. The number of hydrogen-bond donors (Lipinski definition) is 0. The summed E-state index contributed by atoms with van der Waals surface area (Å²) in [6.45, 7) is 0. The lowest BCUT2D eigenvalue weighted by molar-refractivity contribution is 0.0989. The standard InChI is InChI=1S/C14H9ClF2O/c15-12-8-10(16)6-5-9(12)7-14(18)11-3-1-2-4-13(11)17/h1-6,8H,7H2. The van der Waals surface area contributed by atoms with Crippen LogP contribution in [0.4, 0.5) is 8.78 Å². The maximum absolute atomic E-state index is 13.4. The molecular weight excluding hydrogens is 258 g/mol. The first kappa shape index (κ1) is 12.7. The molecule has 0 aromatic heterocycles. The highest BCUT2D eigenvalue weighted by molar-refractivity contribution is 6.31. The van der Waals surface area contributed by atoms with E-state index in [4.69, 9.17) is 11.6 Å². The first-order valence-electron chi connectivity index (χ1n) is 5.29. The van der Waals surface area contributed by atoms with Gasteiger partial charge in [0.05, 0.1) is 5.56 Å². The van der Waals surface area contributed by atoms with E-state index >= 15 is 0 Å². The van der Waals surface area contributed by atoms with Gasteiger partial charge in [-0.25, -0.2) is 8.78 Å². The first-order chi connectivity index (χ1) is 8.58. The van der Waals surface area contributed by atoms with Crippen LogP contribution in [0.25, 0.3) is 0 Å². The van der Waals surface area contributed by atoms with Crippen LogP contribution in [0.1, 0.15) is 15.9 Å². The molecule has 0 spiro atoms. The number of ketones is 1. The monoisotopic (exact) mass is 266 g/mol. The molecule has 0 unspecified atom stereocenters. The highest BCUT2D eigenvalue weighted by Gasteiger charge is 2.13. The van der Waals surface area contributed by atoms with Crippen molar-refractivity contribution in [3.63, 3.8) is 0 Å². The average molecular weight is 267 g/mol. The third-order valence-electron chi connectivity index (χ3n) is 2.54. The number of carbonyl (C=O) groups excluding carboxylic acids is 1. The fourth-order valence-electron chi connectivity index (χ4n) is 1.62. The van der Waals surface area contributed by atoms with Gasteiger partial charge in [0.2, 0.25) is 0 Å². The van der Waals surface area contributed by atoms with E-state index in [2.05, 4.69) is 0 Å². The van der Waals surface area contributed by atoms with Gasteiger partial charge in [0.25, 0.3) is 0 Å². The van der Waals surface area contributed by atoms with Crippen molar-refractivity contribution in [2.45, 2.75) is 6.42 Å². The van der Waals surface area contributed by atoms with Gasteiger partial charge in [0, 0.05) is 11.4 Å². The van der Waals surface area contributed by atoms with Gasteiger partial charge < -0.3 is 0 Å². The number of carbonyl (C=O) groups is 1. The van der Waals surface area contributed by atoms with Crippen molar-refractivity contribution in [3.05, 3.63) is 70.2 Å². The van der Waals surface area contributed by atoms with E-state index in [1.54, 1.807) is 6.07 Å². The Hall–Kier alpha value is -1.74. The Morgan fingerprint density at radius 2 is 1.83 bits per heavy atom. The number of Topliss-reactive ketones (excluding diaryl/α,β-unsaturated/α-hetero) is 1. The summed E-state index contributed by atoms with van der Waals surface area (Å²) in [4.78, 5) is 11.9. The van der Waals surface area contributed by atoms with Gasteiger partial charge in [-0.1, -0.05) is 29.8 Å². The molecule has 0 aliphatic rings. The zero-order valence-electron chi connectivity index (χ0n) is 9.29. The predicted molar refractivity (Wildman–Crippen MR) is 65.8 cm³/mol. The van der Waals surface area contributed by atoms with Crippen molar-refractivity contribution >= 4 is 17.4 Å². The number of hydrogen-bond acceptors (Lipinski definition) is 1. The third kappa shape index (κ3) is 2.74. The molecule has 0 saturated heterocycles. The molecule has 0 amide bonds. The fraction of sp³-hybridized carbons (Fsp3) is 0.0714. The van der Waals surface area contributed by atoms with Crippen molar-refractivity contribution in [1.82, 2.24) is 0 Å². The summed E-state index contributed by atoms with van der Waals surface area (Å²) in [5, 5.41) is 0.166. The Balaban J connectivity index is 2.24. The Kier molecular flexibility index (Phi) is 3.72. The molecule has 4 heteroatoms. The lowest BCUT2D eigenvalue weighted by atomic mass is 10.0. The molecule has 0 heterocycles. The van der Waals surface area contributed by atoms with Gasteiger partial charge in [-0.15, -0.1) is 0 Å². The summed E-state index contributed by atoms with van der Waals surface area (Å²) in [6.07, 6.45) is -0.0555. The summed E-state index contributed by atoms with van der Waals surface area (Å²) < 4.78 is 26.2. The summed E-state index contributed by atoms with van der Waals surface area (Å²) >= 11 is 5.81. The largest absolute Gasteiger partial charge is 0.294 e. The molecule has 1 nitrogen and oxygen atoms in total. The molecular formula is C14H9ClF2O. The van der Waals surface area contributed by atoms with Crippen molar-refractivity contribution in [2.24, 2.45) is 0 Å². The quantitative estimate of drug-likeness (QED) is 0.766. The van der Waals surface area contributed by atoms with Crippen LogP contribution in [0.2, 0.25) is 5.02 Å². The van der Waals surface area contributed by atoms with Crippen molar-refractivity contribution in [3.8, 4) is 0 Å². The Morgan fingerprint density at radius 1 is 1.11 bits per heavy atom. The SMILES string of the molecule is O=C(Cc1ccc(F)cc1Cl)c1ccccc1F. The van der Waals surface area contributed by atoms with Gasteiger partial charge in [-0.2, -0.15) is 0 Å². The predicted octanol–water partition coefficient (Wildman–Crippen LogP) is 4.04. The minimum absolute atomic E-state index is 0.0119. The molecule has 2 aromatic carbocycles. The molecule has 0 saturated carbocycles. The van der Waals surface area contributed by atoms with E-state index in [0.717, 1.165) is 6.07 Å². The van der Waals surface area contributed by atoms with Crippen LogP contribution < -0.4 is 0 Å². The normalized spacial score (nSPS) is 10.4. The topological polar surface area (TPSA) is 17.1 Å². The van der Waals surface area contributed by atoms with E-state index in [9.17, 15) is 13.6 Å². The second-order valence-electron chi connectivity index (χ2n) is 3.82. The molecule has 18 heavy (non-hydrogen) atoms. The van der Waals surface area contributed by atoms with Gasteiger partial charge in [-0.05, 0) is 29.8 Å². The van der Waals surface area contributed by atoms with Crippen LogP contribution in [-0.4, -0.2) is 5.78 Å².